The molecule has 7 rings (SSSR count). The van der Waals surface area contributed by atoms with Gasteiger partial charge in [-0.2, -0.15) is 0 Å². The maximum Gasteiger partial charge on any atom is 0.261 e. The summed E-state index contributed by atoms with van der Waals surface area (Å²) >= 11 is 0. The Morgan fingerprint density at radius 3 is 2.73 bits per heavy atom. The van der Waals surface area contributed by atoms with E-state index >= 15 is 0 Å². The van der Waals surface area contributed by atoms with Gasteiger partial charge >= 0.3 is 0 Å². The number of aromatic amines is 1. The smallest absolute Gasteiger partial charge is 0.261 e. The second-order valence-corrected chi connectivity index (χ2v) is 11.6. The van der Waals surface area contributed by atoms with Gasteiger partial charge < -0.3 is 15.4 Å². The zero-order chi connectivity index (χ0) is 25.1. The minimum absolute atomic E-state index is 0.0932. The molecule has 6 nitrogen and oxygen atoms in total. The van der Waals surface area contributed by atoms with Crippen LogP contribution in [0.2, 0.25) is 0 Å². The molecule has 1 amide bonds. The molecule has 37 heavy (non-hydrogen) atoms. The van der Waals surface area contributed by atoms with Gasteiger partial charge in [-0.3, -0.25) is 14.5 Å². The van der Waals surface area contributed by atoms with E-state index in [-0.39, 0.29) is 22.4 Å². The molecule has 2 bridgehead atoms. The van der Waals surface area contributed by atoms with Crippen LogP contribution in [0.1, 0.15) is 57.6 Å². The summed E-state index contributed by atoms with van der Waals surface area (Å²) in [6, 6.07) is 17.9. The van der Waals surface area contributed by atoms with E-state index in [1.54, 1.807) is 0 Å². The topological polar surface area (TPSA) is 85.4 Å². The summed E-state index contributed by atoms with van der Waals surface area (Å²) in [6.45, 7) is 2.63. The van der Waals surface area contributed by atoms with Crippen LogP contribution in [0.4, 0.5) is 0 Å². The molecule has 2 fully saturated rings. The van der Waals surface area contributed by atoms with Gasteiger partial charge in [0.15, 0.2) is 0 Å². The first-order valence-corrected chi connectivity index (χ1v) is 13.6. The molecule has 3 atom stereocenters. The monoisotopic (exact) mass is 495 g/mol. The summed E-state index contributed by atoms with van der Waals surface area (Å²) in [5.41, 5.74) is 5.41. The molecule has 1 aromatic heterocycles. The number of carbonyl (C=O) groups is 1. The number of nitrogens with one attached hydrogen (secondary N) is 2. The van der Waals surface area contributed by atoms with E-state index in [0.717, 1.165) is 55.0 Å². The SMILES string of the molecule is O=C(NCc1ccccc1)c1cc2c([nH]c1=O)C[C@]13CCN(CC4CC4)[C@H](Cc4ccc(O)cc41)[C@@H]3C2. The van der Waals surface area contributed by atoms with Gasteiger partial charge in [0.25, 0.3) is 11.5 Å². The van der Waals surface area contributed by atoms with Crippen LogP contribution < -0.4 is 10.9 Å². The molecular formula is C31H33N3O3. The fraction of sp³-hybridized carbons (Fsp3) is 0.419. The highest BCUT2D eigenvalue weighted by Gasteiger charge is 2.55. The Balaban J connectivity index is 1.24. The van der Waals surface area contributed by atoms with Crippen molar-refractivity contribution in [1.82, 2.24) is 15.2 Å². The van der Waals surface area contributed by atoms with Crippen molar-refractivity contribution in [2.75, 3.05) is 13.1 Å². The third-order valence-electron chi connectivity index (χ3n) is 9.42. The molecule has 0 radical (unpaired) electrons. The van der Waals surface area contributed by atoms with E-state index < -0.39 is 0 Å². The van der Waals surface area contributed by atoms with Crippen LogP contribution in [0.3, 0.4) is 0 Å². The lowest BCUT2D eigenvalue weighted by Crippen LogP contribution is -2.63. The maximum absolute atomic E-state index is 13.1. The molecule has 0 unspecified atom stereocenters. The molecule has 0 spiro atoms. The van der Waals surface area contributed by atoms with E-state index in [0.29, 0.717) is 24.3 Å². The minimum atomic E-state index is -0.331. The Morgan fingerprint density at radius 2 is 1.92 bits per heavy atom. The predicted molar refractivity (Wildman–Crippen MR) is 142 cm³/mol. The van der Waals surface area contributed by atoms with Crippen molar-refractivity contribution >= 4 is 5.91 Å². The van der Waals surface area contributed by atoms with Gasteiger partial charge in [0.2, 0.25) is 0 Å². The number of phenolic OH excluding ortho intramolecular Hbond substituents is 1. The third kappa shape index (κ3) is 3.89. The van der Waals surface area contributed by atoms with Crippen LogP contribution in [0.25, 0.3) is 0 Å². The van der Waals surface area contributed by atoms with Gasteiger partial charge in [0, 0.05) is 30.2 Å². The molecule has 6 heteroatoms. The van der Waals surface area contributed by atoms with E-state index in [4.69, 9.17) is 0 Å². The van der Waals surface area contributed by atoms with E-state index in [2.05, 4.69) is 21.3 Å². The average molecular weight is 496 g/mol. The van der Waals surface area contributed by atoms with Crippen molar-refractivity contribution in [3.05, 3.63) is 98.5 Å². The maximum atomic E-state index is 13.1. The Kier molecular flexibility index (Phi) is 5.29. The number of aromatic hydroxyl groups is 1. The lowest BCUT2D eigenvalue weighted by Gasteiger charge is -2.59. The summed E-state index contributed by atoms with van der Waals surface area (Å²) in [5, 5.41) is 13.3. The summed E-state index contributed by atoms with van der Waals surface area (Å²) in [7, 11) is 0. The number of pyridine rings is 1. The van der Waals surface area contributed by atoms with Gasteiger partial charge in [0.1, 0.15) is 11.3 Å². The normalized spacial score (nSPS) is 26.1. The van der Waals surface area contributed by atoms with Gasteiger partial charge in [-0.15, -0.1) is 0 Å². The zero-order valence-electron chi connectivity index (χ0n) is 21.0. The van der Waals surface area contributed by atoms with Gasteiger partial charge in [-0.1, -0.05) is 36.4 Å². The highest BCUT2D eigenvalue weighted by atomic mass is 16.3. The molecular weight excluding hydrogens is 462 g/mol. The van der Waals surface area contributed by atoms with E-state index in [1.807, 2.05) is 48.5 Å². The molecule has 190 valence electrons. The first-order valence-electron chi connectivity index (χ1n) is 13.6. The molecule has 2 aromatic carbocycles. The number of nitrogens with zero attached hydrogens (tertiary/aromatic N) is 1. The van der Waals surface area contributed by atoms with E-state index in [1.165, 1.54) is 30.5 Å². The molecule has 1 saturated carbocycles. The largest absolute Gasteiger partial charge is 0.508 e. The van der Waals surface area contributed by atoms with E-state index in [9.17, 15) is 14.7 Å². The number of hydrogen-bond acceptors (Lipinski definition) is 4. The Labute approximate surface area is 216 Å². The number of amides is 1. The van der Waals surface area contributed by atoms with Crippen LogP contribution in [0, 0.1) is 11.8 Å². The number of phenols is 1. The van der Waals surface area contributed by atoms with Gasteiger partial charge in [0.05, 0.1) is 0 Å². The van der Waals surface area contributed by atoms with Crippen molar-refractivity contribution in [3.8, 4) is 5.75 Å². The standard InChI is InChI=1S/C31H33N3O3/c35-23-9-8-21-14-28-26-13-22-12-24(29(36)32-17-19-4-2-1-3-5-19)30(37)33-27(22)16-31(26,25(21)15-23)10-11-34(28)18-20-6-7-20/h1-5,8-9,12,15,20,26,28,35H,6-7,10-11,13-14,16-18H2,(H,32,36)(H,33,37)/t26-,28+,31+/m0/s1. The number of benzene rings is 2. The number of aromatic nitrogens is 1. The molecule has 4 aliphatic rings. The van der Waals surface area contributed by atoms with Crippen molar-refractivity contribution < 1.29 is 9.90 Å². The number of likely N-dealkylation sites (tertiary alicyclic amines) is 1. The Bertz CT molecular complexity index is 1430. The predicted octanol–water partition coefficient (Wildman–Crippen LogP) is 3.70. The fourth-order valence-corrected chi connectivity index (χ4v) is 7.40. The number of fused-ring (bicyclic) bond motifs is 2. The molecule has 2 heterocycles. The second-order valence-electron chi connectivity index (χ2n) is 11.6. The van der Waals surface area contributed by atoms with Crippen molar-refractivity contribution in [2.24, 2.45) is 11.8 Å². The van der Waals surface area contributed by atoms with Crippen LogP contribution in [0.15, 0.2) is 59.4 Å². The number of rotatable bonds is 5. The number of H-pyrrole nitrogens is 1. The number of hydrogen-bond donors (Lipinski definition) is 3. The number of carbonyl (C=O) groups excluding carboxylic acids is 1. The summed E-state index contributed by atoms with van der Waals surface area (Å²) < 4.78 is 0. The van der Waals surface area contributed by atoms with Crippen LogP contribution >= 0.6 is 0 Å². The Hall–Kier alpha value is -3.38. The zero-order valence-corrected chi connectivity index (χ0v) is 21.0. The van der Waals surface area contributed by atoms with Crippen LogP contribution in [-0.2, 0) is 31.2 Å². The quantitative estimate of drug-likeness (QED) is 0.504. The molecule has 1 saturated heterocycles. The number of piperidine rings is 1. The first-order chi connectivity index (χ1) is 18.0. The molecule has 3 N–H and O–H groups in total. The summed E-state index contributed by atoms with van der Waals surface area (Å²) in [5.74, 6) is 1.21. The van der Waals surface area contributed by atoms with Gasteiger partial charge in [-0.25, -0.2) is 0 Å². The van der Waals surface area contributed by atoms with Crippen molar-refractivity contribution in [2.45, 2.75) is 56.5 Å². The highest BCUT2D eigenvalue weighted by Crippen LogP contribution is 2.55. The minimum Gasteiger partial charge on any atom is -0.508 e. The summed E-state index contributed by atoms with van der Waals surface area (Å²) in [6.07, 6.45) is 6.30. The van der Waals surface area contributed by atoms with Crippen molar-refractivity contribution in [3.63, 3.8) is 0 Å². The average Bonchev–Trinajstić information content (AvgIpc) is 3.72. The highest BCUT2D eigenvalue weighted by molar-refractivity contribution is 5.94. The molecule has 3 aliphatic carbocycles. The molecule has 1 aliphatic heterocycles. The van der Waals surface area contributed by atoms with Crippen LogP contribution in [-0.4, -0.2) is 40.0 Å². The Morgan fingerprint density at radius 1 is 1.08 bits per heavy atom. The summed E-state index contributed by atoms with van der Waals surface area (Å²) in [4.78, 5) is 31.9. The third-order valence-corrected chi connectivity index (χ3v) is 9.42. The molecule has 3 aromatic rings. The van der Waals surface area contributed by atoms with Gasteiger partial charge in [-0.05, 0) is 97.4 Å². The second kappa shape index (κ2) is 8.59. The van der Waals surface area contributed by atoms with Crippen molar-refractivity contribution in [1.29, 1.82) is 0 Å². The van der Waals surface area contributed by atoms with Crippen LogP contribution in [0.5, 0.6) is 5.75 Å². The fourth-order valence-electron chi connectivity index (χ4n) is 7.40. The first kappa shape index (κ1) is 22.8. The lowest BCUT2D eigenvalue weighted by atomic mass is 9.52. The lowest BCUT2D eigenvalue weighted by molar-refractivity contribution is 0.00458.